The van der Waals surface area contributed by atoms with Crippen LogP contribution in [0.2, 0.25) is 0 Å². The first-order valence-electron chi connectivity index (χ1n) is 8.00. The Morgan fingerprint density at radius 2 is 2.20 bits per heavy atom. The van der Waals surface area contributed by atoms with E-state index in [2.05, 4.69) is 31.0 Å². The number of amides is 2. The SMILES string of the molecule is O=C(Cn1cnnn1)NC1C(=O)N2C(C(=O)[O-])=C(CSc3n[nH]c(=O)s3)CSC12.[Na+]. The summed E-state index contributed by atoms with van der Waals surface area (Å²) in [6.07, 6.45) is 1.26. The molecular weight excluding hydrogens is 467 g/mol. The van der Waals surface area contributed by atoms with Gasteiger partial charge in [-0.15, -0.1) is 16.9 Å². The molecular formula is C13H11N8NaO5S3. The molecule has 2 N–H and O–H groups in total. The molecule has 2 aliphatic rings. The molecule has 2 aromatic heterocycles. The van der Waals surface area contributed by atoms with Crippen LogP contribution in [-0.2, 0) is 20.9 Å². The maximum Gasteiger partial charge on any atom is 1.00 e. The van der Waals surface area contributed by atoms with Gasteiger partial charge in [-0.1, -0.05) is 11.8 Å². The normalized spacial score (nSPS) is 20.3. The first-order chi connectivity index (χ1) is 13.9. The minimum atomic E-state index is -1.46. The summed E-state index contributed by atoms with van der Waals surface area (Å²) in [5.41, 5.74) is 0.297. The second-order valence-corrected chi connectivity index (χ2v) is 9.16. The molecule has 1 fully saturated rings. The molecule has 2 unspecified atom stereocenters. The van der Waals surface area contributed by atoms with Crippen LogP contribution >= 0.6 is 34.9 Å². The van der Waals surface area contributed by atoms with Crippen LogP contribution in [0.1, 0.15) is 0 Å². The number of nitrogens with zero attached hydrogens (tertiary/aromatic N) is 6. The number of nitrogens with one attached hydrogen (secondary N) is 2. The Labute approximate surface area is 202 Å². The van der Waals surface area contributed by atoms with Gasteiger partial charge in [0.1, 0.15) is 24.3 Å². The van der Waals surface area contributed by atoms with Crippen molar-refractivity contribution in [1.82, 2.24) is 40.6 Å². The van der Waals surface area contributed by atoms with Crippen LogP contribution in [0.4, 0.5) is 0 Å². The zero-order valence-electron chi connectivity index (χ0n) is 15.3. The quantitative estimate of drug-likeness (QED) is 0.220. The number of hydrogen-bond donors (Lipinski definition) is 2. The molecule has 0 aromatic carbocycles. The van der Waals surface area contributed by atoms with E-state index in [0.29, 0.717) is 15.7 Å². The number of thioether (sulfide) groups is 2. The predicted molar refractivity (Wildman–Crippen MR) is 98.3 cm³/mol. The van der Waals surface area contributed by atoms with Gasteiger partial charge in [-0.05, 0) is 27.3 Å². The molecule has 2 aliphatic heterocycles. The van der Waals surface area contributed by atoms with E-state index in [0.717, 1.165) is 16.2 Å². The summed E-state index contributed by atoms with van der Waals surface area (Å²) < 4.78 is 1.67. The van der Waals surface area contributed by atoms with Gasteiger partial charge in [0.15, 0.2) is 4.34 Å². The molecule has 2 atom stereocenters. The Morgan fingerprint density at radius 1 is 1.40 bits per heavy atom. The van der Waals surface area contributed by atoms with Crippen molar-refractivity contribution in [3.63, 3.8) is 0 Å². The molecule has 0 radical (unpaired) electrons. The van der Waals surface area contributed by atoms with E-state index in [9.17, 15) is 24.3 Å². The van der Waals surface area contributed by atoms with Crippen molar-refractivity contribution in [3.05, 3.63) is 27.3 Å². The Kier molecular flexibility index (Phi) is 7.35. The molecule has 0 bridgehead atoms. The molecule has 4 heterocycles. The van der Waals surface area contributed by atoms with Gasteiger partial charge in [-0.3, -0.25) is 19.3 Å². The molecule has 4 rings (SSSR count). The fraction of sp³-hybridized carbons (Fsp3) is 0.385. The molecule has 2 aromatic rings. The van der Waals surface area contributed by atoms with Gasteiger partial charge in [0.25, 0.3) is 5.91 Å². The maximum atomic E-state index is 12.5. The maximum absolute atomic E-state index is 12.5. The first kappa shape index (κ1) is 23.0. The summed E-state index contributed by atoms with van der Waals surface area (Å²) in [7, 11) is 0. The summed E-state index contributed by atoms with van der Waals surface area (Å²) in [6.45, 7) is -0.161. The van der Waals surface area contributed by atoms with E-state index in [1.807, 2.05) is 0 Å². The molecule has 0 aliphatic carbocycles. The molecule has 0 spiro atoms. The molecule has 17 heteroatoms. The molecule has 1 saturated heterocycles. The van der Waals surface area contributed by atoms with Crippen molar-refractivity contribution < 1.29 is 49.0 Å². The van der Waals surface area contributed by atoms with E-state index >= 15 is 0 Å². The Bertz CT molecular complexity index is 1050. The van der Waals surface area contributed by atoms with Crippen molar-refractivity contribution in [3.8, 4) is 0 Å². The summed E-state index contributed by atoms with van der Waals surface area (Å²) in [5.74, 6) is -1.89. The molecule has 30 heavy (non-hydrogen) atoms. The summed E-state index contributed by atoms with van der Waals surface area (Å²) in [5, 5.41) is 30.2. The molecule has 2 amide bonds. The molecule has 152 valence electrons. The summed E-state index contributed by atoms with van der Waals surface area (Å²) in [6, 6.07) is -0.843. The van der Waals surface area contributed by atoms with Gasteiger partial charge in [0.05, 0.1) is 11.7 Å². The number of aliphatic carboxylic acids is 1. The van der Waals surface area contributed by atoms with Crippen LogP contribution < -0.4 is 44.9 Å². The number of carboxylic acid groups (broad SMARTS) is 1. The standard InChI is InChI=1S/C13H12N8O5S3.Na/c22-6(1-20-4-14-18-19-20)15-7-9(23)21-8(11(24)25)5(2-27-10(7)21)3-28-13-17-16-12(26)29-13;/h4,7,10H,1-3H2,(H,15,22)(H,16,26)(H,24,25);/q;+1/p-1. The number of carbonyl (C=O) groups excluding carboxylic acids is 3. The largest absolute Gasteiger partial charge is 1.00 e. The van der Waals surface area contributed by atoms with E-state index < -0.39 is 29.2 Å². The number of β-lactam (4-membered cyclic amide) rings is 1. The molecule has 13 nitrogen and oxygen atoms in total. The minimum Gasteiger partial charge on any atom is -0.543 e. The van der Waals surface area contributed by atoms with Crippen molar-refractivity contribution in [2.45, 2.75) is 22.3 Å². The van der Waals surface area contributed by atoms with E-state index in [1.54, 1.807) is 0 Å². The van der Waals surface area contributed by atoms with Gasteiger partial charge in [-0.2, -0.15) is 5.10 Å². The van der Waals surface area contributed by atoms with Gasteiger partial charge in [0.2, 0.25) is 5.91 Å². The molecule has 0 saturated carbocycles. The topological polar surface area (TPSA) is 179 Å². The first-order valence-corrected chi connectivity index (χ1v) is 10.9. The van der Waals surface area contributed by atoms with Crippen LogP contribution in [0.5, 0.6) is 0 Å². The van der Waals surface area contributed by atoms with Gasteiger partial charge < -0.3 is 15.2 Å². The number of aromatic nitrogens is 6. The Morgan fingerprint density at radius 3 is 2.83 bits per heavy atom. The number of rotatable bonds is 7. The van der Waals surface area contributed by atoms with Crippen LogP contribution in [0.15, 0.2) is 26.7 Å². The van der Waals surface area contributed by atoms with Crippen LogP contribution in [0, 0.1) is 0 Å². The Balaban J connectivity index is 0.00000256. The third kappa shape index (κ3) is 4.62. The number of tetrazole rings is 1. The number of hydrogen-bond acceptors (Lipinski definition) is 12. The van der Waals surface area contributed by atoms with Gasteiger partial charge in [0, 0.05) is 11.5 Å². The zero-order valence-corrected chi connectivity index (χ0v) is 19.8. The van der Waals surface area contributed by atoms with E-state index in [1.165, 1.54) is 34.5 Å². The predicted octanol–water partition coefficient (Wildman–Crippen LogP) is -5.98. The smallest absolute Gasteiger partial charge is 0.543 e. The third-order valence-corrected chi connectivity index (χ3v) is 7.36. The number of fused-ring (bicyclic) bond motifs is 1. The minimum absolute atomic E-state index is 0. The van der Waals surface area contributed by atoms with Crippen LogP contribution in [0.3, 0.4) is 0 Å². The average molecular weight is 478 g/mol. The number of carbonyl (C=O) groups is 3. The number of H-pyrrole nitrogens is 1. The van der Waals surface area contributed by atoms with Crippen molar-refractivity contribution >= 4 is 52.6 Å². The van der Waals surface area contributed by atoms with Gasteiger partial charge >= 0.3 is 34.4 Å². The fourth-order valence-corrected chi connectivity index (χ4v) is 5.93. The number of aromatic amines is 1. The van der Waals surface area contributed by atoms with E-state index in [-0.39, 0.29) is 52.4 Å². The number of carboxylic acids is 1. The van der Waals surface area contributed by atoms with Crippen LogP contribution in [-0.4, -0.2) is 76.0 Å². The monoisotopic (exact) mass is 478 g/mol. The average Bonchev–Trinajstić information content (AvgIpc) is 3.35. The second kappa shape index (κ2) is 9.61. The zero-order chi connectivity index (χ0) is 20.5. The van der Waals surface area contributed by atoms with E-state index in [4.69, 9.17) is 0 Å². The second-order valence-electron chi connectivity index (χ2n) is 5.87. The van der Waals surface area contributed by atoms with Crippen LogP contribution in [0.25, 0.3) is 0 Å². The van der Waals surface area contributed by atoms with Crippen molar-refractivity contribution in [1.29, 1.82) is 0 Å². The van der Waals surface area contributed by atoms with Crippen molar-refractivity contribution in [2.75, 3.05) is 11.5 Å². The Hall–Kier alpha value is -1.72. The summed E-state index contributed by atoms with van der Waals surface area (Å²) >= 11 is 3.45. The van der Waals surface area contributed by atoms with Crippen molar-refractivity contribution in [2.24, 2.45) is 0 Å². The summed E-state index contributed by atoms with van der Waals surface area (Å²) in [4.78, 5) is 48.3. The fourth-order valence-electron chi connectivity index (χ4n) is 2.83. The van der Waals surface area contributed by atoms with Gasteiger partial charge in [-0.25, -0.2) is 9.78 Å². The third-order valence-electron chi connectivity index (χ3n) is 4.04.